The van der Waals surface area contributed by atoms with Crippen molar-refractivity contribution < 1.29 is 0 Å². The fourth-order valence-corrected chi connectivity index (χ4v) is 5.01. The van der Waals surface area contributed by atoms with Crippen LogP contribution in [0.1, 0.15) is 29.5 Å². The van der Waals surface area contributed by atoms with Crippen molar-refractivity contribution in [3.8, 4) is 0 Å². The van der Waals surface area contributed by atoms with Crippen LogP contribution in [0.15, 0.2) is 66.7 Å². The summed E-state index contributed by atoms with van der Waals surface area (Å²) in [6.07, 6.45) is 5.67. The lowest BCUT2D eigenvalue weighted by molar-refractivity contribution is 0.427. The first-order valence-corrected chi connectivity index (χ1v) is 9.38. The van der Waals surface area contributed by atoms with Crippen LogP contribution in [0.25, 0.3) is 10.8 Å². The Kier molecular flexibility index (Phi) is 3.55. The average molecular weight is 366 g/mol. The van der Waals surface area contributed by atoms with Crippen LogP contribution in [0, 0.1) is 5.92 Å². The summed E-state index contributed by atoms with van der Waals surface area (Å²) >= 11 is 12.8. The summed E-state index contributed by atoms with van der Waals surface area (Å²) in [6, 6.07) is 19.3. The van der Waals surface area contributed by atoms with Gasteiger partial charge < -0.3 is 5.32 Å². The largest absolute Gasteiger partial charge is 0.376 e. The smallest absolute Gasteiger partial charge is 0.0655 e. The number of benzene rings is 3. The minimum atomic E-state index is 0.234. The molecule has 1 aliphatic heterocycles. The molecule has 0 radical (unpaired) electrons. The molecule has 3 aromatic carbocycles. The van der Waals surface area contributed by atoms with Crippen molar-refractivity contribution in [2.24, 2.45) is 5.92 Å². The predicted octanol–water partition coefficient (Wildman–Crippen LogP) is 6.97. The number of rotatable bonds is 1. The van der Waals surface area contributed by atoms with Gasteiger partial charge in [0.15, 0.2) is 0 Å². The van der Waals surface area contributed by atoms with Crippen LogP contribution in [0.2, 0.25) is 10.0 Å². The minimum Gasteiger partial charge on any atom is -0.376 e. The van der Waals surface area contributed by atoms with E-state index in [1.807, 2.05) is 6.07 Å². The predicted molar refractivity (Wildman–Crippen MR) is 107 cm³/mol. The van der Waals surface area contributed by atoms with Crippen LogP contribution < -0.4 is 5.32 Å². The number of hydrogen-bond donors (Lipinski definition) is 1. The van der Waals surface area contributed by atoms with E-state index in [-0.39, 0.29) is 6.04 Å². The van der Waals surface area contributed by atoms with Crippen molar-refractivity contribution >= 4 is 39.7 Å². The summed E-state index contributed by atoms with van der Waals surface area (Å²) in [4.78, 5) is 0. The molecule has 5 rings (SSSR count). The molecule has 0 unspecified atom stereocenters. The van der Waals surface area contributed by atoms with E-state index in [0.717, 1.165) is 12.1 Å². The Morgan fingerprint density at radius 2 is 1.76 bits per heavy atom. The van der Waals surface area contributed by atoms with Gasteiger partial charge in [0.1, 0.15) is 0 Å². The van der Waals surface area contributed by atoms with Crippen LogP contribution in [-0.2, 0) is 0 Å². The van der Waals surface area contributed by atoms with E-state index in [1.54, 1.807) is 0 Å². The van der Waals surface area contributed by atoms with Crippen LogP contribution >= 0.6 is 23.2 Å². The number of fused-ring (bicyclic) bond motifs is 4. The number of hydrogen-bond acceptors (Lipinski definition) is 1. The maximum atomic E-state index is 6.54. The third-order valence-electron chi connectivity index (χ3n) is 5.54. The van der Waals surface area contributed by atoms with Gasteiger partial charge in [0.2, 0.25) is 0 Å². The first kappa shape index (κ1) is 15.3. The van der Waals surface area contributed by atoms with E-state index in [2.05, 4.69) is 66.0 Å². The Bertz CT molecular complexity index is 1000. The van der Waals surface area contributed by atoms with Crippen molar-refractivity contribution in [3.05, 3.63) is 87.9 Å². The lowest BCUT2D eigenvalue weighted by Gasteiger charge is -2.38. The standard InChI is InChI=1S/C22H17Cl2N/c23-14-11-19-16-8-4-10-18(16)21(25-22(19)20(24)12-14)17-9-3-6-13-5-1-2-7-15(13)17/h1-9,11-12,16,18,21,25H,10H2/t16-,18-,21+/m1/s1. The van der Waals surface area contributed by atoms with Crippen molar-refractivity contribution in [2.75, 3.05) is 5.32 Å². The zero-order valence-corrected chi connectivity index (χ0v) is 15.1. The molecule has 124 valence electrons. The molecule has 3 heteroatoms. The number of allylic oxidation sites excluding steroid dienone is 2. The molecule has 0 spiro atoms. The van der Waals surface area contributed by atoms with Gasteiger partial charge in [0, 0.05) is 10.9 Å². The van der Waals surface area contributed by atoms with E-state index >= 15 is 0 Å². The Balaban J connectivity index is 1.70. The Labute approximate surface area is 157 Å². The zero-order chi connectivity index (χ0) is 17.0. The zero-order valence-electron chi connectivity index (χ0n) is 13.5. The van der Waals surface area contributed by atoms with Crippen molar-refractivity contribution in [2.45, 2.75) is 18.4 Å². The minimum absolute atomic E-state index is 0.234. The highest BCUT2D eigenvalue weighted by atomic mass is 35.5. The highest BCUT2D eigenvalue weighted by molar-refractivity contribution is 6.36. The van der Waals surface area contributed by atoms with Gasteiger partial charge in [-0.25, -0.2) is 0 Å². The van der Waals surface area contributed by atoms with Gasteiger partial charge in [-0.15, -0.1) is 0 Å². The van der Waals surface area contributed by atoms with Gasteiger partial charge in [-0.05, 0) is 46.4 Å². The first-order valence-electron chi connectivity index (χ1n) is 8.62. The monoisotopic (exact) mass is 365 g/mol. The van der Waals surface area contributed by atoms with Crippen LogP contribution in [0.5, 0.6) is 0 Å². The van der Waals surface area contributed by atoms with E-state index < -0.39 is 0 Å². The number of nitrogens with one attached hydrogen (secondary N) is 1. The SMILES string of the molecule is Clc1cc(Cl)c2c(c1)[C@@H]1C=CC[C@H]1[C@H](c1cccc3ccccc13)N2. The van der Waals surface area contributed by atoms with Crippen LogP contribution in [-0.4, -0.2) is 0 Å². The van der Waals surface area contributed by atoms with Crippen molar-refractivity contribution in [1.82, 2.24) is 0 Å². The second-order valence-corrected chi connectivity index (χ2v) is 7.74. The molecule has 0 aromatic heterocycles. The second-order valence-electron chi connectivity index (χ2n) is 6.90. The lowest BCUT2D eigenvalue weighted by Crippen LogP contribution is -2.29. The fourth-order valence-electron chi connectivity index (χ4n) is 4.45. The third-order valence-corrected chi connectivity index (χ3v) is 6.06. The number of anilines is 1. The van der Waals surface area contributed by atoms with E-state index in [9.17, 15) is 0 Å². The molecular formula is C22H17Cl2N. The Hall–Kier alpha value is -1.96. The molecule has 1 heterocycles. The topological polar surface area (TPSA) is 12.0 Å². The van der Waals surface area contributed by atoms with Crippen LogP contribution in [0.3, 0.4) is 0 Å². The normalized spacial score (nSPS) is 24.0. The lowest BCUT2D eigenvalue weighted by atomic mass is 9.76. The maximum absolute atomic E-state index is 6.54. The molecule has 2 aliphatic rings. The van der Waals surface area contributed by atoms with Gasteiger partial charge in [-0.3, -0.25) is 0 Å². The summed E-state index contributed by atoms with van der Waals surface area (Å²) < 4.78 is 0. The van der Waals surface area contributed by atoms with Gasteiger partial charge in [0.05, 0.1) is 16.8 Å². The summed E-state index contributed by atoms with van der Waals surface area (Å²) in [7, 11) is 0. The maximum Gasteiger partial charge on any atom is 0.0655 e. The summed E-state index contributed by atoms with van der Waals surface area (Å²) in [5, 5.41) is 7.73. The Morgan fingerprint density at radius 1 is 0.920 bits per heavy atom. The second kappa shape index (κ2) is 5.79. The summed E-state index contributed by atoms with van der Waals surface area (Å²) in [5.74, 6) is 0.837. The molecule has 0 bridgehead atoms. The quantitative estimate of drug-likeness (QED) is 0.459. The van der Waals surface area contributed by atoms with Gasteiger partial charge in [-0.1, -0.05) is 77.8 Å². The van der Waals surface area contributed by atoms with Crippen LogP contribution in [0.4, 0.5) is 5.69 Å². The third kappa shape index (κ3) is 2.38. The van der Waals surface area contributed by atoms with Gasteiger partial charge in [-0.2, -0.15) is 0 Å². The van der Waals surface area contributed by atoms with Crippen molar-refractivity contribution in [1.29, 1.82) is 0 Å². The molecular weight excluding hydrogens is 349 g/mol. The van der Waals surface area contributed by atoms with E-state index in [0.29, 0.717) is 21.9 Å². The van der Waals surface area contributed by atoms with E-state index in [1.165, 1.54) is 21.9 Å². The molecule has 1 nitrogen and oxygen atoms in total. The molecule has 0 amide bonds. The molecule has 0 saturated heterocycles. The first-order chi connectivity index (χ1) is 12.2. The fraction of sp³-hybridized carbons (Fsp3) is 0.182. The van der Waals surface area contributed by atoms with Gasteiger partial charge >= 0.3 is 0 Å². The highest BCUT2D eigenvalue weighted by Gasteiger charge is 2.39. The Morgan fingerprint density at radius 3 is 2.68 bits per heavy atom. The average Bonchev–Trinajstić information content (AvgIpc) is 3.11. The molecule has 0 fully saturated rings. The van der Waals surface area contributed by atoms with Crippen molar-refractivity contribution in [3.63, 3.8) is 0 Å². The molecule has 0 saturated carbocycles. The number of halogens is 2. The summed E-state index contributed by atoms with van der Waals surface area (Å²) in [6.45, 7) is 0. The van der Waals surface area contributed by atoms with E-state index in [4.69, 9.17) is 23.2 Å². The molecule has 3 atom stereocenters. The summed E-state index contributed by atoms with van der Waals surface area (Å²) in [5.41, 5.74) is 3.58. The molecule has 1 aliphatic carbocycles. The highest BCUT2D eigenvalue weighted by Crippen LogP contribution is 2.52. The molecule has 3 aromatic rings. The molecule has 25 heavy (non-hydrogen) atoms. The van der Waals surface area contributed by atoms with Gasteiger partial charge in [0.25, 0.3) is 0 Å². The molecule has 1 N–H and O–H groups in total.